The number of likely N-dealkylation sites (tertiary alicyclic amines) is 1. The smallest absolute Gasteiger partial charge is 0.233 e. The SMILES string of the molecule is C[C@H]1CCCCN1C(=O)CSc1nnc(-c2ccc(Cl)cc2)n1C. The van der Waals surface area contributed by atoms with Crippen molar-refractivity contribution in [2.24, 2.45) is 7.05 Å². The van der Waals surface area contributed by atoms with Gasteiger partial charge in [-0.1, -0.05) is 23.4 Å². The molecule has 1 atom stereocenters. The normalized spacial score (nSPS) is 18.0. The van der Waals surface area contributed by atoms with Crippen molar-refractivity contribution in [3.05, 3.63) is 29.3 Å². The molecule has 1 aromatic carbocycles. The number of carbonyl (C=O) groups excluding carboxylic acids is 1. The number of benzene rings is 1. The van der Waals surface area contributed by atoms with Crippen LogP contribution in [0, 0.1) is 0 Å². The minimum absolute atomic E-state index is 0.184. The molecular weight excluding hydrogens is 344 g/mol. The largest absolute Gasteiger partial charge is 0.339 e. The number of hydrogen-bond acceptors (Lipinski definition) is 4. The highest BCUT2D eigenvalue weighted by Gasteiger charge is 2.23. The van der Waals surface area contributed by atoms with Gasteiger partial charge in [0.15, 0.2) is 11.0 Å². The first-order chi connectivity index (χ1) is 11.6. The van der Waals surface area contributed by atoms with Gasteiger partial charge >= 0.3 is 0 Å². The van der Waals surface area contributed by atoms with E-state index in [1.54, 1.807) is 0 Å². The molecule has 0 unspecified atom stereocenters. The number of amides is 1. The highest BCUT2D eigenvalue weighted by atomic mass is 35.5. The third kappa shape index (κ3) is 3.75. The van der Waals surface area contributed by atoms with Gasteiger partial charge in [0.05, 0.1) is 5.75 Å². The van der Waals surface area contributed by atoms with E-state index in [4.69, 9.17) is 11.6 Å². The second kappa shape index (κ2) is 7.57. The molecule has 24 heavy (non-hydrogen) atoms. The Kier molecular flexibility index (Phi) is 5.46. The Bertz CT molecular complexity index is 716. The minimum Gasteiger partial charge on any atom is -0.339 e. The Morgan fingerprint density at radius 1 is 1.29 bits per heavy atom. The van der Waals surface area contributed by atoms with E-state index in [1.807, 2.05) is 40.8 Å². The van der Waals surface area contributed by atoms with E-state index in [1.165, 1.54) is 18.2 Å². The topological polar surface area (TPSA) is 51.0 Å². The van der Waals surface area contributed by atoms with Crippen molar-refractivity contribution in [2.75, 3.05) is 12.3 Å². The van der Waals surface area contributed by atoms with Crippen LogP contribution >= 0.6 is 23.4 Å². The van der Waals surface area contributed by atoms with Gasteiger partial charge in [0.25, 0.3) is 0 Å². The predicted octanol–water partition coefficient (Wildman–Crippen LogP) is 3.63. The Hall–Kier alpha value is -1.53. The molecule has 0 radical (unpaired) electrons. The molecule has 0 N–H and O–H groups in total. The van der Waals surface area contributed by atoms with Gasteiger partial charge in [-0.15, -0.1) is 10.2 Å². The van der Waals surface area contributed by atoms with Crippen LogP contribution in [-0.4, -0.2) is 43.9 Å². The Morgan fingerprint density at radius 2 is 2.04 bits per heavy atom. The summed E-state index contributed by atoms with van der Waals surface area (Å²) in [5, 5.41) is 9.91. The van der Waals surface area contributed by atoms with Crippen LogP contribution in [0.2, 0.25) is 5.02 Å². The summed E-state index contributed by atoms with van der Waals surface area (Å²) in [5.74, 6) is 1.35. The molecule has 1 fully saturated rings. The van der Waals surface area contributed by atoms with Crippen LogP contribution in [0.5, 0.6) is 0 Å². The number of thioether (sulfide) groups is 1. The zero-order chi connectivity index (χ0) is 17.1. The van der Waals surface area contributed by atoms with E-state index in [0.717, 1.165) is 35.9 Å². The highest BCUT2D eigenvalue weighted by molar-refractivity contribution is 7.99. The van der Waals surface area contributed by atoms with Gasteiger partial charge in [0.1, 0.15) is 0 Å². The van der Waals surface area contributed by atoms with Crippen molar-refractivity contribution >= 4 is 29.3 Å². The van der Waals surface area contributed by atoms with E-state index in [2.05, 4.69) is 17.1 Å². The number of halogens is 1. The molecule has 1 aliphatic rings. The number of aromatic nitrogens is 3. The number of carbonyl (C=O) groups is 1. The summed E-state index contributed by atoms with van der Waals surface area (Å²) < 4.78 is 1.92. The van der Waals surface area contributed by atoms with E-state index < -0.39 is 0 Å². The van der Waals surface area contributed by atoms with E-state index in [-0.39, 0.29) is 5.91 Å². The van der Waals surface area contributed by atoms with Crippen molar-refractivity contribution in [3.63, 3.8) is 0 Å². The van der Waals surface area contributed by atoms with Crippen molar-refractivity contribution in [1.82, 2.24) is 19.7 Å². The van der Waals surface area contributed by atoms with Crippen molar-refractivity contribution in [3.8, 4) is 11.4 Å². The molecule has 1 saturated heterocycles. The van der Waals surface area contributed by atoms with E-state index in [9.17, 15) is 4.79 Å². The number of rotatable bonds is 4. The average molecular weight is 365 g/mol. The Morgan fingerprint density at radius 3 is 2.75 bits per heavy atom. The van der Waals surface area contributed by atoms with Gasteiger partial charge in [0, 0.05) is 30.2 Å². The molecule has 1 aromatic heterocycles. The fourth-order valence-electron chi connectivity index (χ4n) is 2.97. The molecule has 0 aliphatic carbocycles. The lowest BCUT2D eigenvalue weighted by atomic mass is 10.0. The fraction of sp³-hybridized carbons (Fsp3) is 0.471. The second-order valence-electron chi connectivity index (χ2n) is 6.09. The summed E-state index contributed by atoms with van der Waals surface area (Å²) in [6, 6.07) is 7.85. The first kappa shape index (κ1) is 17.3. The van der Waals surface area contributed by atoms with Crippen LogP contribution in [0.4, 0.5) is 0 Å². The molecule has 2 heterocycles. The quantitative estimate of drug-likeness (QED) is 0.777. The zero-order valence-electron chi connectivity index (χ0n) is 13.9. The molecule has 0 spiro atoms. The standard InChI is InChI=1S/C17H21ClN4OS/c1-12-5-3-4-10-22(12)15(23)11-24-17-20-19-16(21(17)2)13-6-8-14(18)9-7-13/h6-9,12H,3-5,10-11H2,1-2H3/t12-/m0/s1. The Balaban J connectivity index is 1.66. The van der Waals surface area contributed by atoms with Gasteiger partial charge in [-0.05, 0) is 50.5 Å². The molecule has 0 saturated carbocycles. The zero-order valence-corrected chi connectivity index (χ0v) is 15.5. The third-order valence-corrected chi connectivity index (χ3v) is 5.64. The average Bonchev–Trinajstić information content (AvgIpc) is 2.95. The molecule has 2 aromatic rings. The maximum absolute atomic E-state index is 12.4. The van der Waals surface area contributed by atoms with Crippen LogP contribution in [0.3, 0.4) is 0 Å². The maximum Gasteiger partial charge on any atom is 0.233 e. The summed E-state index contributed by atoms with van der Waals surface area (Å²) >= 11 is 7.37. The fourth-order valence-corrected chi connectivity index (χ4v) is 3.89. The van der Waals surface area contributed by atoms with E-state index in [0.29, 0.717) is 16.8 Å². The highest BCUT2D eigenvalue weighted by Crippen LogP contribution is 2.25. The lowest BCUT2D eigenvalue weighted by Gasteiger charge is -2.33. The Labute approximate surface area is 151 Å². The summed E-state index contributed by atoms with van der Waals surface area (Å²) in [6.07, 6.45) is 3.42. The van der Waals surface area contributed by atoms with Crippen molar-refractivity contribution in [2.45, 2.75) is 37.4 Å². The molecule has 0 bridgehead atoms. The van der Waals surface area contributed by atoms with Gasteiger partial charge < -0.3 is 9.47 Å². The van der Waals surface area contributed by atoms with Gasteiger partial charge in [-0.3, -0.25) is 4.79 Å². The van der Waals surface area contributed by atoms with Gasteiger partial charge in [-0.25, -0.2) is 0 Å². The molecule has 5 nitrogen and oxygen atoms in total. The summed E-state index contributed by atoms with van der Waals surface area (Å²) in [6.45, 7) is 3.00. The third-order valence-electron chi connectivity index (χ3n) is 4.39. The van der Waals surface area contributed by atoms with Gasteiger partial charge in [-0.2, -0.15) is 0 Å². The number of hydrogen-bond donors (Lipinski definition) is 0. The molecule has 3 rings (SSSR count). The van der Waals surface area contributed by atoms with Crippen LogP contribution < -0.4 is 0 Å². The predicted molar refractivity (Wildman–Crippen MR) is 97.2 cm³/mol. The first-order valence-electron chi connectivity index (χ1n) is 8.14. The minimum atomic E-state index is 0.184. The second-order valence-corrected chi connectivity index (χ2v) is 7.47. The maximum atomic E-state index is 12.4. The van der Waals surface area contributed by atoms with Crippen LogP contribution in [-0.2, 0) is 11.8 Å². The van der Waals surface area contributed by atoms with Gasteiger partial charge in [0.2, 0.25) is 5.91 Å². The van der Waals surface area contributed by atoms with Crippen molar-refractivity contribution < 1.29 is 4.79 Å². The summed E-state index contributed by atoms with van der Waals surface area (Å²) in [7, 11) is 1.92. The lowest BCUT2D eigenvalue weighted by molar-refractivity contribution is -0.131. The van der Waals surface area contributed by atoms with Crippen LogP contribution in [0.1, 0.15) is 26.2 Å². The molecule has 128 valence electrons. The monoisotopic (exact) mass is 364 g/mol. The summed E-state index contributed by atoms with van der Waals surface area (Å²) in [4.78, 5) is 14.4. The van der Waals surface area contributed by atoms with Crippen LogP contribution in [0.25, 0.3) is 11.4 Å². The number of nitrogens with zero attached hydrogens (tertiary/aromatic N) is 4. The number of piperidine rings is 1. The molecule has 1 amide bonds. The molecule has 1 aliphatic heterocycles. The molecular formula is C17H21ClN4OS. The lowest BCUT2D eigenvalue weighted by Crippen LogP contribution is -2.42. The summed E-state index contributed by atoms with van der Waals surface area (Å²) in [5.41, 5.74) is 0.956. The molecule has 7 heteroatoms. The van der Waals surface area contributed by atoms with E-state index >= 15 is 0 Å². The van der Waals surface area contributed by atoms with Crippen molar-refractivity contribution in [1.29, 1.82) is 0 Å². The first-order valence-corrected chi connectivity index (χ1v) is 9.50. The van der Waals surface area contributed by atoms with Crippen LogP contribution in [0.15, 0.2) is 29.4 Å².